The fourth-order valence-corrected chi connectivity index (χ4v) is 2.19. The van der Waals surface area contributed by atoms with Gasteiger partial charge in [-0.15, -0.1) is 0 Å². The summed E-state index contributed by atoms with van der Waals surface area (Å²) >= 11 is 0. The number of aliphatic hydroxyl groups excluding tert-OH is 1. The molecule has 0 amide bonds. The lowest BCUT2D eigenvalue weighted by Gasteiger charge is -2.29. The molecule has 0 radical (unpaired) electrons. The Hall–Kier alpha value is -0.930. The van der Waals surface area contributed by atoms with Crippen LogP contribution in [0.2, 0.25) is 0 Å². The number of pyridine rings is 1. The second kappa shape index (κ2) is 8.22. The standard InChI is InChI=1S/C13H20N2O.C2H6/c1-2-12-6-5-11(8-14-12)9-15-7-3-4-13(16)10-15;1-2/h5-6,8,13,16H,2-4,7,9-10H2,1H3;1-2H3. The molecule has 0 spiro atoms. The van der Waals surface area contributed by atoms with Gasteiger partial charge in [-0.2, -0.15) is 0 Å². The number of piperidine rings is 1. The third kappa shape index (κ3) is 4.75. The minimum absolute atomic E-state index is 0.142. The van der Waals surface area contributed by atoms with Crippen LogP contribution >= 0.6 is 0 Å². The Labute approximate surface area is 111 Å². The van der Waals surface area contributed by atoms with E-state index in [1.54, 1.807) is 0 Å². The lowest BCUT2D eigenvalue weighted by atomic mass is 10.1. The number of aryl methyl sites for hydroxylation is 1. The first-order valence-corrected chi connectivity index (χ1v) is 7.12. The van der Waals surface area contributed by atoms with Crippen LogP contribution in [0.1, 0.15) is 44.9 Å². The molecular formula is C15H26N2O. The molecule has 0 bridgehead atoms. The molecule has 3 nitrogen and oxygen atoms in total. The van der Waals surface area contributed by atoms with Crippen molar-refractivity contribution in [3.8, 4) is 0 Å². The molecule has 1 aromatic heterocycles. The minimum Gasteiger partial charge on any atom is -0.392 e. The number of nitrogens with zero attached hydrogens (tertiary/aromatic N) is 2. The summed E-state index contributed by atoms with van der Waals surface area (Å²) in [6.07, 6.45) is 4.85. The van der Waals surface area contributed by atoms with Crippen molar-refractivity contribution < 1.29 is 5.11 Å². The van der Waals surface area contributed by atoms with Crippen LogP contribution < -0.4 is 0 Å². The first kappa shape index (κ1) is 15.1. The Morgan fingerprint density at radius 1 is 1.39 bits per heavy atom. The van der Waals surface area contributed by atoms with E-state index in [9.17, 15) is 5.11 Å². The molecule has 1 atom stereocenters. The van der Waals surface area contributed by atoms with Crippen molar-refractivity contribution in [2.75, 3.05) is 13.1 Å². The minimum atomic E-state index is -0.142. The Bertz CT molecular complexity index is 324. The maximum atomic E-state index is 9.58. The zero-order chi connectivity index (χ0) is 13.4. The van der Waals surface area contributed by atoms with Gasteiger partial charge in [0.2, 0.25) is 0 Å². The molecule has 2 heterocycles. The molecule has 1 aliphatic heterocycles. The first-order valence-electron chi connectivity index (χ1n) is 7.12. The first-order chi connectivity index (χ1) is 8.78. The van der Waals surface area contributed by atoms with Crippen molar-refractivity contribution in [1.29, 1.82) is 0 Å². The summed E-state index contributed by atoms with van der Waals surface area (Å²) in [4.78, 5) is 6.69. The fraction of sp³-hybridized carbons (Fsp3) is 0.667. The van der Waals surface area contributed by atoms with Gasteiger partial charge in [-0.05, 0) is 37.4 Å². The molecule has 2 rings (SSSR count). The lowest BCUT2D eigenvalue weighted by Crippen LogP contribution is -2.37. The van der Waals surface area contributed by atoms with E-state index >= 15 is 0 Å². The van der Waals surface area contributed by atoms with Crippen molar-refractivity contribution in [2.24, 2.45) is 0 Å². The number of β-amino-alcohol motifs (C(OH)–C–C–N with tert-alkyl or cyclic N) is 1. The van der Waals surface area contributed by atoms with Crippen LogP contribution in [0.15, 0.2) is 18.3 Å². The molecule has 1 fully saturated rings. The highest BCUT2D eigenvalue weighted by Crippen LogP contribution is 2.13. The Balaban J connectivity index is 0.000000771. The van der Waals surface area contributed by atoms with Gasteiger partial charge < -0.3 is 5.11 Å². The monoisotopic (exact) mass is 250 g/mol. The van der Waals surface area contributed by atoms with Gasteiger partial charge in [0.1, 0.15) is 0 Å². The molecule has 1 saturated heterocycles. The predicted molar refractivity (Wildman–Crippen MR) is 75.5 cm³/mol. The van der Waals surface area contributed by atoms with Crippen LogP contribution in [0, 0.1) is 0 Å². The fourth-order valence-electron chi connectivity index (χ4n) is 2.19. The summed E-state index contributed by atoms with van der Waals surface area (Å²) < 4.78 is 0. The van der Waals surface area contributed by atoms with Crippen LogP contribution in [0.3, 0.4) is 0 Å². The largest absolute Gasteiger partial charge is 0.392 e. The average Bonchev–Trinajstić information content (AvgIpc) is 2.42. The highest BCUT2D eigenvalue weighted by atomic mass is 16.3. The van der Waals surface area contributed by atoms with E-state index in [1.165, 1.54) is 5.56 Å². The molecule has 1 unspecified atom stereocenters. The van der Waals surface area contributed by atoms with Crippen LogP contribution in [0.25, 0.3) is 0 Å². The van der Waals surface area contributed by atoms with Gasteiger partial charge in [-0.25, -0.2) is 0 Å². The number of likely N-dealkylation sites (tertiary alicyclic amines) is 1. The van der Waals surface area contributed by atoms with Crippen LogP contribution in [-0.4, -0.2) is 34.2 Å². The third-order valence-electron chi connectivity index (χ3n) is 3.14. The molecule has 1 aromatic rings. The average molecular weight is 250 g/mol. The second-order valence-electron chi connectivity index (χ2n) is 4.54. The van der Waals surface area contributed by atoms with Crippen molar-refractivity contribution in [3.05, 3.63) is 29.6 Å². The third-order valence-corrected chi connectivity index (χ3v) is 3.14. The molecule has 3 heteroatoms. The van der Waals surface area contributed by atoms with Crippen LogP contribution in [0.5, 0.6) is 0 Å². The zero-order valence-corrected chi connectivity index (χ0v) is 11.9. The van der Waals surface area contributed by atoms with Crippen LogP contribution in [0.4, 0.5) is 0 Å². The molecule has 0 aliphatic carbocycles. The Morgan fingerprint density at radius 3 is 2.72 bits per heavy atom. The Kier molecular flexibility index (Phi) is 6.91. The molecule has 1 aliphatic rings. The number of aliphatic hydroxyl groups is 1. The maximum absolute atomic E-state index is 9.58. The van der Waals surface area contributed by atoms with Crippen molar-refractivity contribution >= 4 is 0 Å². The van der Waals surface area contributed by atoms with Gasteiger partial charge in [0, 0.05) is 25.0 Å². The number of hydrogen-bond acceptors (Lipinski definition) is 3. The topological polar surface area (TPSA) is 36.4 Å². The van der Waals surface area contributed by atoms with Gasteiger partial charge in [-0.1, -0.05) is 26.8 Å². The van der Waals surface area contributed by atoms with Gasteiger partial charge in [-0.3, -0.25) is 9.88 Å². The summed E-state index contributed by atoms with van der Waals surface area (Å²) in [5.74, 6) is 0. The summed E-state index contributed by atoms with van der Waals surface area (Å²) in [7, 11) is 0. The van der Waals surface area contributed by atoms with E-state index in [2.05, 4.69) is 28.9 Å². The second-order valence-corrected chi connectivity index (χ2v) is 4.54. The van der Waals surface area contributed by atoms with E-state index < -0.39 is 0 Å². The predicted octanol–water partition coefficient (Wildman–Crippen LogP) is 2.63. The summed E-state index contributed by atoms with van der Waals surface area (Å²) in [5, 5.41) is 9.58. The highest BCUT2D eigenvalue weighted by Gasteiger charge is 2.17. The summed E-state index contributed by atoms with van der Waals surface area (Å²) in [6, 6.07) is 4.24. The van der Waals surface area contributed by atoms with Crippen molar-refractivity contribution in [2.45, 2.75) is 52.7 Å². The van der Waals surface area contributed by atoms with Gasteiger partial charge in [0.25, 0.3) is 0 Å². The van der Waals surface area contributed by atoms with E-state index in [0.29, 0.717) is 0 Å². The van der Waals surface area contributed by atoms with E-state index in [4.69, 9.17) is 0 Å². The summed E-state index contributed by atoms with van der Waals surface area (Å²) in [6.45, 7) is 8.92. The summed E-state index contributed by atoms with van der Waals surface area (Å²) in [5.41, 5.74) is 2.38. The van der Waals surface area contributed by atoms with Crippen LogP contribution in [-0.2, 0) is 13.0 Å². The molecule has 0 saturated carbocycles. The van der Waals surface area contributed by atoms with Gasteiger partial charge in [0.05, 0.1) is 6.10 Å². The SMILES string of the molecule is CC.CCc1ccc(CN2CCCC(O)C2)cn1. The van der Waals surface area contributed by atoms with E-state index in [1.807, 2.05) is 20.0 Å². The lowest BCUT2D eigenvalue weighted by molar-refractivity contribution is 0.0668. The number of hydrogen-bond donors (Lipinski definition) is 1. The van der Waals surface area contributed by atoms with Crippen molar-refractivity contribution in [1.82, 2.24) is 9.88 Å². The molecule has 1 N–H and O–H groups in total. The van der Waals surface area contributed by atoms with E-state index in [-0.39, 0.29) is 6.10 Å². The molecular weight excluding hydrogens is 224 g/mol. The Morgan fingerprint density at radius 2 is 2.17 bits per heavy atom. The number of aromatic nitrogens is 1. The van der Waals surface area contributed by atoms with Crippen molar-refractivity contribution in [3.63, 3.8) is 0 Å². The van der Waals surface area contributed by atoms with Gasteiger partial charge >= 0.3 is 0 Å². The van der Waals surface area contributed by atoms with E-state index in [0.717, 1.165) is 44.6 Å². The maximum Gasteiger partial charge on any atom is 0.0667 e. The number of rotatable bonds is 3. The quantitative estimate of drug-likeness (QED) is 0.896. The smallest absolute Gasteiger partial charge is 0.0667 e. The molecule has 18 heavy (non-hydrogen) atoms. The highest BCUT2D eigenvalue weighted by molar-refractivity contribution is 5.14. The molecule has 102 valence electrons. The molecule has 0 aromatic carbocycles. The normalized spacial score (nSPS) is 20.1. The zero-order valence-electron chi connectivity index (χ0n) is 11.9. The van der Waals surface area contributed by atoms with Gasteiger partial charge in [0.15, 0.2) is 0 Å².